The molecule has 26 heteroatoms. The molecule has 1 aliphatic heterocycles. The largest absolute Gasteiger partial charge is 0.497 e. The van der Waals surface area contributed by atoms with Crippen LogP contribution in [-0.2, 0) is 50.6 Å². The highest BCUT2D eigenvalue weighted by molar-refractivity contribution is 6.31. The third kappa shape index (κ3) is 30.0. The van der Waals surface area contributed by atoms with E-state index in [9.17, 15) is 13.2 Å². The number of aryl methyl sites for hydroxylation is 2. The lowest BCUT2D eigenvalue weighted by atomic mass is 10.0. The number of benzene rings is 6. The molecule has 0 bridgehead atoms. The van der Waals surface area contributed by atoms with Gasteiger partial charge in [-0.2, -0.15) is 30.6 Å². The fraction of sp³-hybridized carbons (Fsp3) is 0.419. The van der Waals surface area contributed by atoms with E-state index in [1.54, 1.807) is 50.6 Å². The lowest BCUT2D eigenvalue weighted by molar-refractivity contribution is 0.0601. The van der Waals surface area contributed by atoms with Crippen molar-refractivity contribution in [2.75, 3.05) is 108 Å². The van der Waals surface area contributed by atoms with Crippen molar-refractivity contribution in [3.05, 3.63) is 242 Å². The van der Waals surface area contributed by atoms with Gasteiger partial charge in [0.25, 0.3) is 0 Å². The van der Waals surface area contributed by atoms with Gasteiger partial charge in [0, 0.05) is 155 Å². The number of aromatic amines is 5. The number of rotatable bonds is 33. The number of H-pyrrole nitrogens is 5. The van der Waals surface area contributed by atoms with Gasteiger partial charge in [-0.1, -0.05) is 112 Å². The zero-order valence-electron chi connectivity index (χ0n) is 72.5. The van der Waals surface area contributed by atoms with Gasteiger partial charge in [0.2, 0.25) is 0 Å². The van der Waals surface area contributed by atoms with Gasteiger partial charge in [-0.25, -0.2) is 13.2 Å². The Balaban J connectivity index is 0.000000179. The van der Waals surface area contributed by atoms with Crippen LogP contribution in [0.5, 0.6) is 5.75 Å². The molecule has 640 valence electrons. The number of hydrogen-bond donors (Lipinski definition) is 6. The summed E-state index contributed by atoms with van der Waals surface area (Å²) in [6.45, 7) is 31.3. The molecular weight excluding hydrogens is 1540 g/mol. The van der Waals surface area contributed by atoms with E-state index in [4.69, 9.17) is 43.5 Å². The number of nitrogens with zero attached hydrogens (tertiary/aromatic N) is 13. The molecule has 0 unspecified atom stereocenters. The van der Waals surface area contributed by atoms with Crippen LogP contribution in [0.15, 0.2) is 165 Å². The van der Waals surface area contributed by atoms with Crippen molar-refractivity contribution >= 4 is 23.2 Å². The van der Waals surface area contributed by atoms with Crippen molar-refractivity contribution in [1.29, 1.82) is 0 Å². The van der Waals surface area contributed by atoms with Crippen LogP contribution < -0.4 is 10.5 Å². The molecule has 1 fully saturated rings. The first-order chi connectivity index (χ1) is 57.5. The van der Waals surface area contributed by atoms with E-state index in [-0.39, 0.29) is 17.5 Å². The number of methoxy groups -OCH3 is 1. The van der Waals surface area contributed by atoms with Gasteiger partial charge in [0.05, 0.1) is 72.3 Å². The Morgan fingerprint density at radius 1 is 0.454 bits per heavy atom. The fourth-order valence-corrected chi connectivity index (χ4v) is 14.9. The molecule has 7 heterocycles. The van der Waals surface area contributed by atoms with Gasteiger partial charge in [-0.3, -0.25) is 30.2 Å². The second-order valence-electron chi connectivity index (χ2n) is 31.0. The lowest BCUT2D eigenvalue weighted by Crippen LogP contribution is -2.25. The van der Waals surface area contributed by atoms with E-state index in [2.05, 4.69) is 207 Å². The van der Waals surface area contributed by atoms with E-state index in [1.807, 2.05) is 72.9 Å². The van der Waals surface area contributed by atoms with E-state index in [0.717, 1.165) is 221 Å². The molecule has 119 heavy (non-hydrogen) atoms. The average Bonchev–Trinajstić information content (AvgIpc) is 1.74. The molecule has 6 aromatic heterocycles. The quantitative estimate of drug-likeness (QED) is 0.0225. The molecule has 0 spiro atoms. The van der Waals surface area contributed by atoms with Crippen LogP contribution >= 0.6 is 23.2 Å². The molecular formula is C93H126Cl2F3N19O2. The van der Waals surface area contributed by atoms with Crippen LogP contribution in [0.2, 0.25) is 10.0 Å². The van der Waals surface area contributed by atoms with Gasteiger partial charge in [-0.05, 0) is 237 Å². The highest BCUT2D eigenvalue weighted by atomic mass is 35.5. The third-order valence-corrected chi connectivity index (χ3v) is 20.8. The maximum atomic E-state index is 13.9. The summed E-state index contributed by atoms with van der Waals surface area (Å²) in [5.41, 5.74) is 27.4. The Kier molecular flexibility index (Phi) is 39.8. The van der Waals surface area contributed by atoms with E-state index in [1.165, 1.54) is 64.1 Å². The Bertz CT molecular complexity index is 4810. The van der Waals surface area contributed by atoms with Crippen molar-refractivity contribution < 1.29 is 22.6 Å². The molecule has 1 saturated heterocycles. The minimum absolute atomic E-state index is 0.181. The molecule has 13 rings (SSSR count). The number of nitrogens with two attached hydrogens (primary N) is 1. The van der Waals surface area contributed by atoms with Gasteiger partial charge in [-0.15, -0.1) is 0 Å². The molecule has 0 amide bonds. The number of ether oxygens (including phenoxy) is 2. The Morgan fingerprint density at radius 3 is 1.34 bits per heavy atom. The summed E-state index contributed by atoms with van der Waals surface area (Å²) in [5.74, 6) is 0.715. The summed E-state index contributed by atoms with van der Waals surface area (Å²) in [5, 5.41) is 41.8. The monoisotopic (exact) mass is 1670 g/mol. The molecule has 12 aromatic rings. The van der Waals surface area contributed by atoms with E-state index < -0.39 is 0 Å². The predicted octanol–water partition coefficient (Wildman–Crippen LogP) is 19.6. The second kappa shape index (κ2) is 49.9. The van der Waals surface area contributed by atoms with Gasteiger partial charge >= 0.3 is 0 Å². The fourth-order valence-electron chi connectivity index (χ4n) is 14.5. The molecule has 21 nitrogen and oxygen atoms in total. The third-order valence-electron chi connectivity index (χ3n) is 20.4. The first-order valence-electron chi connectivity index (χ1n) is 41.5. The molecule has 1 aliphatic rings. The van der Waals surface area contributed by atoms with Crippen LogP contribution in [-0.4, -0.2) is 199 Å². The highest BCUT2D eigenvalue weighted by Gasteiger charge is 2.21. The predicted molar refractivity (Wildman–Crippen MR) is 480 cm³/mol. The molecule has 0 radical (unpaired) electrons. The summed E-state index contributed by atoms with van der Waals surface area (Å²) in [6.07, 6.45) is 19.3. The van der Waals surface area contributed by atoms with Crippen molar-refractivity contribution in [2.24, 2.45) is 11.7 Å². The molecule has 0 aliphatic carbocycles. The Labute approximate surface area is 713 Å². The topological polar surface area (TPSA) is 225 Å². The van der Waals surface area contributed by atoms with Crippen molar-refractivity contribution in [1.82, 2.24) is 90.2 Å². The first kappa shape index (κ1) is 94.9. The molecule has 0 atom stereocenters. The van der Waals surface area contributed by atoms with Crippen LogP contribution in [0.3, 0.4) is 0 Å². The highest BCUT2D eigenvalue weighted by Crippen LogP contribution is 2.33. The number of likely N-dealkylation sites (N-methyl/N-ethyl adjacent to an activating group) is 1. The average molecular weight is 1670 g/mol. The van der Waals surface area contributed by atoms with Gasteiger partial charge in [0.15, 0.2) is 0 Å². The molecule has 0 saturated carbocycles. The number of halogens is 5. The summed E-state index contributed by atoms with van der Waals surface area (Å²) in [7, 11) is 14.3. The smallest absolute Gasteiger partial charge is 0.134 e. The van der Waals surface area contributed by atoms with Crippen LogP contribution in [0.4, 0.5) is 13.2 Å². The minimum atomic E-state index is -0.337. The standard InChI is InChI=1S/C19H27FN4O.C15H20ClN3.C15H20FN3.C15H21N3O.C15H21N3.C14H17ClFN3/c1-23(9-8-21)13-17-14-24(12-15-6-10-25-11-7-15)22-19(17)16-2-4-18(20)5-3-16;1-4-7-19(3)10-12-9-17-18-15(12)14-6-5-13(16)8-11(14)2;1-4-8-19(3)10-12-9-17-18-15(12)13-6-5-7-14(16)11(13)2;1-4-8-18(2)11-13-10-16-17-15(13)12-6-5-7-14(9-12)19-3;1-4-8-18(3)11-14-10-16-17-15(14)13-7-5-6-12(2)9-13;1-3-6-19(2)9-10-8-17-18-14(10)12-5-4-11(15)7-13(12)16/h2-5,14-15H,6-13,21H2,1H3;5-6,8-9H,4,7,10H2,1-3H3,(H,17,18);5-7,9H,4,8,10H2,1-3H3,(H,17,18);5-7,9-10H,4,8,11H2,1-3H3,(H,16,17);5-7,9-10H,4,8,11H2,1-3H3,(H,16,17);4-5,7-8H,3,6,9H2,1-2H3,(H,17,18). The number of nitrogens with one attached hydrogen (secondary N) is 5. The molecule has 6 aromatic carbocycles. The maximum Gasteiger partial charge on any atom is 0.134 e. The normalized spacial score (nSPS) is 12.1. The van der Waals surface area contributed by atoms with Crippen molar-refractivity contribution in [3.8, 4) is 73.3 Å². The number of aromatic nitrogens is 12. The minimum Gasteiger partial charge on any atom is -0.497 e. The molecule has 7 N–H and O–H groups in total. The zero-order valence-corrected chi connectivity index (χ0v) is 74.0. The SMILES string of the molecule is CCCN(C)Cc1cn[nH]c1-c1ccc(Cl)cc1C.CCCN(C)Cc1cn[nH]c1-c1ccc(Cl)cc1F.CCCN(C)Cc1cn[nH]c1-c1cccc(C)c1.CCCN(C)Cc1cn[nH]c1-c1cccc(F)c1C.CCCN(C)Cc1cn[nH]c1-c1cccc(OC)c1.CN(CCN)Cc1cn(CC2CCOCC2)nc1-c1ccc(F)cc1. The van der Waals surface area contributed by atoms with Gasteiger partial charge in [0.1, 0.15) is 23.2 Å². The summed E-state index contributed by atoms with van der Waals surface area (Å²) < 4.78 is 53.6. The van der Waals surface area contributed by atoms with Crippen LogP contribution in [0, 0.1) is 44.1 Å². The zero-order chi connectivity index (χ0) is 85.8. The van der Waals surface area contributed by atoms with Crippen LogP contribution in [0.25, 0.3) is 67.5 Å². The Morgan fingerprint density at radius 2 is 0.874 bits per heavy atom. The van der Waals surface area contributed by atoms with Crippen molar-refractivity contribution in [2.45, 2.75) is 146 Å². The maximum absolute atomic E-state index is 13.9. The summed E-state index contributed by atoms with van der Waals surface area (Å²) in [6, 6.07) is 38.9. The van der Waals surface area contributed by atoms with E-state index in [0.29, 0.717) is 28.6 Å². The van der Waals surface area contributed by atoms with Gasteiger partial charge < -0.3 is 44.6 Å². The Hall–Kier alpha value is -9.57. The second-order valence-corrected chi connectivity index (χ2v) is 31.8. The number of hydrogen-bond acceptors (Lipinski definition) is 15. The van der Waals surface area contributed by atoms with Crippen molar-refractivity contribution in [3.63, 3.8) is 0 Å². The van der Waals surface area contributed by atoms with E-state index >= 15 is 0 Å². The summed E-state index contributed by atoms with van der Waals surface area (Å²) >= 11 is 11.8. The lowest BCUT2D eigenvalue weighted by Gasteiger charge is -2.21. The summed E-state index contributed by atoms with van der Waals surface area (Å²) in [4.78, 5) is 13.5. The first-order valence-corrected chi connectivity index (χ1v) is 42.2. The van der Waals surface area contributed by atoms with Crippen LogP contribution in [0.1, 0.15) is 130 Å².